The third-order valence-corrected chi connectivity index (χ3v) is 9.13. The van der Waals surface area contributed by atoms with Crippen LogP contribution in [0.15, 0.2) is 36.4 Å². The summed E-state index contributed by atoms with van der Waals surface area (Å²) < 4.78 is 12.7. The number of para-hydroxylation sites is 1. The summed E-state index contributed by atoms with van der Waals surface area (Å²) in [5, 5.41) is 14.2. The number of aryl methyl sites for hydroxylation is 2. The highest BCUT2D eigenvalue weighted by molar-refractivity contribution is 7.16. The van der Waals surface area contributed by atoms with E-state index in [1.54, 1.807) is 30.9 Å². The van der Waals surface area contributed by atoms with Gasteiger partial charge in [0.05, 0.1) is 30.5 Å². The van der Waals surface area contributed by atoms with Gasteiger partial charge in [0.2, 0.25) is 0 Å². The number of fused-ring (bicyclic) bond motifs is 1. The second kappa shape index (κ2) is 12.5. The lowest BCUT2D eigenvalue weighted by atomic mass is 9.86. The number of nitrogens with zero attached hydrogens (tertiary/aromatic N) is 2. The Morgan fingerprint density at radius 1 is 1.12 bits per heavy atom. The van der Waals surface area contributed by atoms with Gasteiger partial charge in [-0.15, -0.1) is 11.3 Å². The maximum absolute atomic E-state index is 13.6. The Morgan fingerprint density at radius 2 is 1.88 bits per heavy atom. The Morgan fingerprint density at radius 3 is 2.59 bits per heavy atom. The van der Waals surface area contributed by atoms with Crippen LogP contribution in [0, 0.1) is 12.8 Å². The number of carboxylic acid groups (broad SMARTS) is 1. The molecule has 1 fully saturated rings. The molecule has 0 bridgehead atoms. The normalized spacial score (nSPS) is 13.9. The number of rotatable bonds is 10. The molecule has 5 rings (SSSR count). The van der Waals surface area contributed by atoms with Gasteiger partial charge < -0.3 is 19.1 Å². The van der Waals surface area contributed by atoms with E-state index >= 15 is 0 Å². The van der Waals surface area contributed by atoms with Crippen LogP contribution in [0.2, 0.25) is 5.02 Å². The maximum Gasteiger partial charge on any atom is 0.323 e. The van der Waals surface area contributed by atoms with E-state index in [2.05, 4.69) is 5.32 Å². The van der Waals surface area contributed by atoms with Crippen LogP contribution in [-0.2, 0) is 17.8 Å². The number of carboxylic acids is 1. The molecule has 2 N–H and O–H groups in total. The molecule has 216 valence electrons. The second-order valence-electron chi connectivity index (χ2n) is 10.5. The van der Waals surface area contributed by atoms with Crippen LogP contribution in [0.5, 0.6) is 11.5 Å². The van der Waals surface area contributed by atoms with E-state index in [9.17, 15) is 14.7 Å². The number of ether oxygens (including phenoxy) is 2. The summed E-state index contributed by atoms with van der Waals surface area (Å²) in [5.74, 6) is 0.308. The molecular weight excluding hydrogens is 562 g/mol. The third-order valence-electron chi connectivity index (χ3n) is 7.80. The largest absolute Gasteiger partial charge is 0.496 e. The van der Waals surface area contributed by atoms with E-state index < -0.39 is 11.9 Å². The van der Waals surface area contributed by atoms with E-state index in [1.807, 2.05) is 31.2 Å². The lowest BCUT2D eigenvalue weighted by molar-refractivity contribution is -0.137. The van der Waals surface area contributed by atoms with Crippen LogP contribution in [0.25, 0.3) is 22.2 Å². The molecule has 8 nitrogen and oxygen atoms in total. The van der Waals surface area contributed by atoms with E-state index in [0.717, 1.165) is 45.4 Å². The number of aliphatic carboxylic acids is 1. The van der Waals surface area contributed by atoms with Crippen molar-refractivity contribution in [3.05, 3.63) is 57.6 Å². The number of aromatic nitrogens is 2. The Balaban J connectivity index is 1.52. The molecule has 0 atom stereocenters. The molecule has 10 heteroatoms. The average molecular weight is 596 g/mol. The molecule has 2 aromatic carbocycles. The van der Waals surface area contributed by atoms with Gasteiger partial charge in [0, 0.05) is 21.9 Å². The highest BCUT2D eigenvalue weighted by Crippen LogP contribution is 2.43. The van der Waals surface area contributed by atoms with Gasteiger partial charge in [0.15, 0.2) is 5.13 Å². The van der Waals surface area contributed by atoms with Crippen molar-refractivity contribution in [2.24, 2.45) is 5.92 Å². The fourth-order valence-corrected chi connectivity index (χ4v) is 7.02. The van der Waals surface area contributed by atoms with Crippen molar-refractivity contribution >= 4 is 50.8 Å². The summed E-state index contributed by atoms with van der Waals surface area (Å²) in [4.78, 5) is 31.2. The number of benzene rings is 2. The van der Waals surface area contributed by atoms with E-state index in [0.29, 0.717) is 27.6 Å². The van der Waals surface area contributed by atoms with Crippen molar-refractivity contribution in [2.45, 2.75) is 58.4 Å². The molecule has 0 saturated heterocycles. The summed E-state index contributed by atoms with van der Waals surface area (Å²) in [7, 11) is 3.15. The Bertz CT molecular complexity index is 1590. The zero-order chi connectivity index (χ0) is 29.1. The lowest BCUT2D eigenvalue weighted by Crippen LogP contribution is -2.20. The van der Waals surface area contributed by atoms with E-state index in [1.165, 1.54) is 43.4 Å². The first-order valence-electron chi connectivity index (χ1n) is 13.8. The van der Waals surface area contributed by atoms with Crippen LogP contribution in [-0.4, -0.2) is 40.8 Å². The standard InChI is InChI=1S/C31H34ClN3O5S/c1-18-8-7-11-20-14-23(35(29(18)20)17-27(36)37)30(38)34-31-33-28(21-15-25(40-3)22(32)16-24(21)39-2)26(41-31)13-12-19-9-5-4-6-10-19/h7-8,11,14-16,19H,4-6,9-10,12-13,17H2,1-3H3,(H,36,37)(H,33,34,38). The minimum absolute atomic E-state index is 0.267. The smallest absolute Gasteiger partial charge is 0.323 e. The number of hydrogen-bond donors (Lipinski definition) is 2. The molecule has 1 aliphatic carbocycles. The molecule has 0 aliphatic heterocycles. The third kappa shape index (κ3) is 6.21. The molecule has 4 aromatic rings. The van der Waals surface area contributed by atoms with Gasteiger partial charge in [-0.3, -0.25) is 14.9 Å². The minimum Gasteiger partial charge on any atom is -0.496 e. The summed E-state index contributed by atoms with van der Waals surface area (Å²) in [6, 6.07) is 10.9. The summed E-state index contributed by atoms with van der Waals surface area (Å²) in [5.41, 5.74) is 3.34. The SMILES string of the molecule is COc1cc(-c2nc(NC(=O)c3cc4cccc(C)c4n3CC(=O)O)sc2CCC2CCCCC2)c(OC)cc1Cl. The van der Waals surface area contributed by atoms with Gasteiger partial charge in [0.1, 0.15) is 23.7 Å². The van der Waals surface area contributed by atoms with Gasteiger partial charge in [-0.05, 0) is 43.4 Å². The van der Waals surface area contributed by atoms with Crippen molar-refractivity contribution in [1.29, 1.82) is 0 Å². The highest BCUT2D eigenvalue weighted by atomic mass is 35.5. The number of thiazole rings is 1. The molecule has 2 aromatic heterocycles. The van der Waals surface area contributed by atoms with Gasteiger partial charge in [-0.2, -0.15) is 0 Å². The van der Waals surface area contributed by atoms with Gasteiger partial charge in [-0.1, -0.05) is 61.9 Å². The highest BCUT2D eigenvalue weighted by Gasteiger charge is 2.24. The van der Waals surface area contributed by atoms with Crippen LogP contribution in [0.1, 0.15) is 59.5 Å². The van der Waals surface area contributed by atoms with Crippen molar-refractivity contribution in [3.8, 4) is 22.8 Å². The van der Waals surface area contributed by atoms with Crippen LogP contribution in [0.3, 0.4) is 0 Å². The molecular formula is C31H34ClN3O5S. The Hall–Kier alpha value is -3.56. The first-order chi connectivity index (χ1) is 19.8. The molecule has 1 saturated carbocycles. The molecule has 0 radical (unpaired) electrons. The predicted molar refractivity (Wildman–Crippen MR) is 163 cm³/mol. The van der Waals surface area contributed by atoms with Gasteiger partial charge in [-0.25, -0.2) is 4.98 Å². The van der Waals surface area contributed by atoms with Crippen molar-refractivity contribution in [3.63, 3.8) is 0 Å². The quantitative estimate of drug-likeness (QED) is 0.196. The number of halogens is 1. The fraction of sp³-hybridized carbons (Fsp3) is 0.387. The summed E-state index contributed by atoms with van der Waals surface area (Å²) in [6.07, 6.45) is 8.19. The maximum atomic E-state index is 13.6. The van der Waals surface area contributed by atoms with E-state index in [4.69, 9.17) is 26.1 Å². The number of methoxy groups -OCH3 is 2. The average Bonchev–Trinajstić information content (AvgIpc) is 3.53. The van der Waals surface area contributed by atoms with Crippen LogP contribution >= 0.6 is 22.9 Å². The van der Waals surface area contributed by atoms with Crippen molar-refractivity contribution in [1.82, 2.24) is 9.55 Å². The van der Waals surface area contributed by atoms with Gasteiger partial charge >= 0.3 is 5.97 Å². The molecule has 0 unspecified atom stereocenters. The monoisotopic (exact) mass is 595 g/mol. The molecule has 41 heavy (non-hydrogen) atoms. The molecule has 1 amide bonds. The first-order valence-corrected chi connectivity index (χ1v) is 15.0. The second-order valence-corrected chi connectivity index (χ2v) is 12.0. The zero-order valence-corrected chi connectivity index (χ0v) is 25.0. The number of nitrogens with one attached hydrogen (secondary N) is 1. The predicted octanol–water partition coefficient (Wildman–Crippen LogP) is 7.59. The summed E-state index contributed by atoms with van der Waals surface area (Å²) in [6.45, 7) is 1.58. The number of anilines is 1. The van der Waals surface area contributed by atoms with Gasteiger partial charge in [0.25, 0.3) is 5.91 Å². The first kappa shape index (κ1) is 29.0. The van der Waals surface area contributed by atoms with E-state index in [-0.39, 0.29) is 12.2 Å². The molecule has 1 aliphatic rings. The number of carbonyl (C=O) groups is 2. The minimum atomic E-state index is -1.02. The number of hydrogen-bond acceptors (Lipinski definition) is 6. The van der Waals surface area contributed by atoms with Crippen LogP contribution < -0.4 is 14.8 Å². The van der Waals surface area contributed by atoms with Crippen molar-refractivity contribution in [2.75, 3.05) is 19.5 Å². The Kier molecular flexibility index (Phi) is 8.85. The molecule has 2 heterocycles. The molecule has 0 spiro atoms. The van der Waals surface area contributed by atoms with Crippen LogP contribution in [0.4, 0.5) is 5.13 Å². The Labute approximate surface area is 248 Å². The topological polar surface area (TPSA) is 103 Å². The summed E-state index contributed by atoms with van der Waals surface area (Å²) >= 11 is 7.82. The zero-order valence-electron chi connectivity index (χ0n) is 23.5. The lowest BCUT2D eigenvalue weighted by Gasteiger charge is -2.21. The fourth-order valence-electron chi connectivity index (χ4n) is 5.80. The van der Waals surface area contributed by atoms with Crippen molar-refractivity contribution < 1.29 is 24.2 Å². The number of amides is 1. The number of carbonyl (C=O) groups excluding carboxylic acids is 1.